The number of anilines is 1. The molecule has 0 atom stereocenters. The minimum atomic E-state index is 0.539. The summed E-state index contributed by atoms with van der Waals surface area (Å²) < 4.78 is 8.03. The summed E-state index contributed by atoms with van der Waals surface area (Å²) in [6, 6.07) is 9.40. The number of halogens is 1. The fraction of sp³-hybridized carbons (Fsp3) is 0.143. The lowest BCUT2D eigenvalue weighted by Crippen LogP contribution is -1.99. The van der Waals surface area contributed by atoms with Crippen molar-refractivity contribution in [3.05, 3.63) is 40.5 Å². The van der Waals surface area contributed by atoms with Gasteiger partial charge in [-0.05, 0) is 41.1 Å². The minimum absolute atomic E-state index is 0.539. The summed E-state index contributed by atoms with van der Waals surface area (Å²) in [5.74, 6) is 1.11. The maximum atomic E-state index is 6.23. The summed E-state index contributed by atoms with van der Waals surface area (Å²) in [6.07, 6.45) is 0. The number of pyridine rings is 2. The van der Waals surface area contributed by atoms with E-state index in [0.29, 0.717) is 23.1 Å². The smallest absolute Gasteiger partial charge is 0.213 e. The van der Waals surface area contributed by atoms with E-state index in [0.717, 1.165) is 15.8 Å². The summed E-state index contributed by atoms with van der Waals surface area (Å²) in [6.45, 7) is 1.98. The van der Waals surface area contributed by atoms with Crippen molar-refractivity contribution in [2.45, 2.75) is 6.92 Å². The Morgan fingerprint density at radius 3 is 2.75 bits per heavy atom. The Bertz CT molecular complexity index is 797. The Kier molecular flexibility index (Phi) is 3.10. The van der Waals surface area contributed by atoms with E-state index in [1.807, 2.05) is 35.6 Å². The van der Waals surface area contributed by atoms with E-state index in [9.17, 15) is 0 Å². The molecule has 0 aliphatic rings. The van der Waals surface area contributed by atoms with Gasteiger partial charge in [0, 0.05) is 16.2 Å². The number of imidazole rings is 1. The van der Waals surface area contributed by atoms with Gasteiger partial charge in [-0.1, -0.05) is 6.07 Å². The van der Waals surface area contributed by atoms with Crippen LogP contribution < -0.4 is 10.5 Å². The van der Waals surface area contributed by atoms with Crippen LogP contribution in [0.2, 0.25) is 0 Å². The fourth-order valence-corrected chi connectivity index (χ4v) is 2.45. The van der Waals surface area contributed by atoms with Gasteiger partial charge in [0.1, 0.15) is 17.2 Å². The van der Waals surface area contributed by atoms with E-state index in [2.05, 4.69) is 25.9 Å². The lowest BCUT2D eigenvalue weighted by atomic mass is 10.2. The third kappa shape index (κ3) is 1.92. The molecule has 0 radical (unpaired) electrons. The van der Waals surface area contributed by atoms with E-state index in [1.54, 1.807) is 13.2 Å². The van der Waals surface area contributed by atoms with Crippen molar-refractivity contribution in [1.82, 2.24) is 14.4 Å². The van der Waals surface area contributed by atoms with Gasteiger partial charge in [0.15, 0.2) is 0 Å². The van der Waals surface area contributed by atoms with E-state index in [1.165, 1.54) is 0 Å². The van der Waals surface area contributed by atoms with Crippen LogP contribution in [-0.2, 0) is 0 Å². The molecule has 0 aliphatic heterocycles. The lowest BCUT2D eigenvalue weighted by molar-refractivity contribution is 0.398. The molecule has 0 saturated carbocycles. The number of aryl methyl sites for hydroxylation is 1. The van der Waals surface area contributed by atoms with Crippen molar-refractivity contribution in [3.63, 3.8) is 0 Å². The molecule has 102 valence electrons. The average molecular weight is 333 g/mol. The molecular weight excluding hydrogens is 320 g/mol. The van der Waals surface area contributed by atoms with E-state index in [4.69, 9.17) is 10.5 Å². The Morgan fingerprint density at radius 2 is 2.00 bits per heavy atom. The van der Waals surface area contributed by atoms with E-state index < -0.39 is 0 Å². The predicted molar refractivity (Wildman–Crippen MR) is 81.8 cm³/mol. The van der Waals surface area contributed by atoms with Crippen molar-refractivity contribution in [1.29, 1.82) is 0 Å². The average Bonchev–Trinajstić information content (AvgIpc) is 2.81. The number of fused-ring (bicyclic) bond motifs is 1. The van der Waals surface area contributed by atoms with Crippen molar-refractivity contribution in [3.8, 4) is 17.3 Å². The summed E-state index contributed by atoms with van der Waals surface area (Å²) in [7, 11) is 1.58. The van der Waals surface area contributed by atoms with Gasteiger partial charge < -0.3 is 10.5 Å². The number of hydrogen-bond donors (Lipinski definition) is 1. The lowest BCUT2D eigenvalue weighted by Gasteiger charge is -2.04. The second kappa shape index (κ2) is 4.79. The number of nitrogen functional groups attached to an aromatic ring is 1. The largest absolute Gasteiger partial charge is 0.481 e. The molecule has 0 spiro atoms. The molecule has 0 unspecified atom stereocenters. The molecule has 3 aromatic heterocycles. The molecule has 0 fully saturated rings. The Hall–Kier alpha value is -2.08. The van der Waals surface area contributed by atoms with Crippen LogP contribution in [0.25, 0.3) is 17.0 Å². The number of nitrogens with zero attached hydrogens (tertiary/aromatic N) is 3. The number of methoxy groups -OCH3 is 1. The van der Waals surface area contributed by atoms with Gasteiger partial charge in [-0.15, -0.1) is 0 Å². The van der Waals surface area contributed by atoms with Gasteiger partial charge in [0.05, 0.1) is 12.8 Å². The Labute approximate surface area is 124 Å². The summed E-state index contributed by atoms with van der Waals surface area (Å²) >= 11 is 3.50. The molecule has 0 aliphatic carbocycles. The molecule has 3 aromatic rings. The van der Waals surface area contributed by atoms with Gasteiger partial charge >= 0.3 is 0 Å². The normalized spacial score (nSPS) is 10.9. The van der Waals surface area contributed by atoms with Crippen LogP contribution in [0.5, 0.6) is 5.88 Å². The molecule has 3 rings (SSSR count). The predicted octanol–water partition coefficient (Wildman–Crippen LogP) is 3.06. The topological polar surface area (TPSA) is 65.4 Å². The highest BCUT2D eigenvalue weighted by atomic mass is 79.9. The first kappa shape index (κ1) is 12.9. The van der Waals surface area contributed by atoms with Gasteiger partial charge in [0.2, 0.25) is 5.88 Å². The second-order valence-corrected chi connectivity index (χ2v) is 5.23. The van der Waals surface area contributed by atoms with Crippen LogP contribution >= 0.6 is 15.9 Å². The third-order valence-corrected chi connectivity index (χ3v) is 4.01. The highest BCUT2D eigenvalue weighted by Gasteiger charge is 2.15. The number of hydrogen-bond acceptors (Lipinski definition) is 4. The second-order valence-electron chi connectivity index (χ2n) is 4.37. The zero-order valence-corrected chi connectivity index (χ0v) is 12.7. The standard InChI is InChI=1S/C14H13BrN4O/c1-8-9(15)6-7-11-18-13(14(16)19(8)11)10-4-3-5-12(17-10)20-2/h3-7H,16H2,1-2H3. The van der Waals surface area contributed by atoms with Crippen molar-refractivity contribution in [2.75, 3.05) is 12.8 Å². The van der Waals surface area contributed by atoms with Gasteiger partial charge in [-0.2, -0.15) is 0 Å². The van der Waals surface area contributed by atoms with Crippen LogP contribution in [-0.4, -0.2) is 21.5 Å². The first-order valence-electron chi connectivity index (χ1n) is 6.06. The molecule has 2 N–H and O–H groups in total. The van der Waals surface area contributed by atoms with E-state index >= 15 is 0 Å². The highest BCUT2D eigenvalue weighted by molar-refractivity contribution is 9.10. The van der Waals surface area contributed by atoms with Crippen LogP contribution in [0.3, 0.4) is 0 Å². The zero-order chi connectivity index (χ0) is 14.3. The summed E-state index contributed by atoms with van der Waals surface area (Å²) in [4.78, 5) is 8.94. The van der Waals surface area contributed by atoms with Crippen molar-refractivity contribution < 1.29 is 4.74 Å². The Balaban J connectivity index is 2.27. The summed E-state index contributed by atoms with van der Waals surface area (Å²) in [5.41, 5.74) is 9.38. The van der Waals surface area contributed by atoms with Crippen LogP contribution in [0.1, 0.15) is 5.69 Å². The monoisotopic (exact) mass is 332 g/mol. The number of rotatable bonds is 2. The van der Waals surface area contributed by atoms with Crippen LogP contribution in [0, 0.1) is 6.92 Å². The highest BCUT2D eigenvalue weighted by Crippen LogP contribution is 2.29. The molecule has 0 aromatic carbocycles. The van der Waals surface area contributed by atoms with Crippen molar-refractivity contribution >= 4 is 27.4 Å². The maximum absolute atomic E-state index is 6.23. The quantitative estimate of drug-likeness (QED) is 0.783. The third-order valence-electron chi connectivity index (χ3n) is 3.17. The molecule has 0 amide bonds. The van der Waals surface area contributed by atoms with Crippen LogP contribution in [0.15, 0.2) is 34.8 Å². The zero-order valence-electron chi connectivity index (χ0n) is 11.1. The number of nitrogens with two attached hydrogens (primary N) is 1. The molecule has 3 heterocycles. The molecule has 0 bridgehead atoms. The molecular formula is C14H13BrN4O. The molecule has 5 nitrogen and oxygen atoms in total. The van der Waals surface area contributed by atoms with E-state index in [-0.39, 0.29) is 0 Å². The summed E-state index contributed by atoms with van der Waals surface area (Å²) in [5, 5.41) is 0. The molecule has 20 heavy (non-hydrogen) atoms. The Morgan fingerprint density at radius 1 is 1.20 bits per heavy atom. The molecule has 6 heteroatoms. The fourth-order valence-electron chi connectivity index (χ4n) is 2.14. The van der Waals surface area contributed by atoms with Crippen LogP contribution in [0.4, 0.5) is 5.82 Å². The molecule has 0 saturated heterocycles. The number of ether oxygens (including phenoxy) is 1. The number of aromatic nitrogens is 3. The van der Waals surface area contributed by atoms with Crippen molar-refractivity contribution in [2.24, 2.45) is 0 Å². The van der Waals surface area contributed by atoms with Gasteiger partial charge in [-0.25, -0.2) is 9.97 Å². The first-order valence-corrected chi connectivity index (χ1v) is 6.85. The SMILES string of the molecule is COc1cccc(-c2nc3ccc(Br)c(C)n3c2N)n1. The first-order chi connectivity index (χ1) is 9.61. The minimum Gasteiger partial charge on any atom is -0.481 e. The van der Waals surface area contributed by atoms with Gasteiger partial charge in [0.25, 0.3) is 0 Å². The van der Waals surface area contributed by atoms with Gasteiger partial charge in [-0.3, -0.25) is 4.40 Å². The maximum Gasteiger partial charge on any atom is 0.213 e.